The Morgan fingerprint density at radius 2 is 1.80 bits per heavy atom. The highest BCUT2D eigenvalue weighted by Gasteiger charge is 2.71. The van der Waals surface area contributed by atoms with E-state index in [2.05, 4.69) is 25.6 Å². The number of carbonyl (C=O) groups excluding carboxylic acids is 2. The van der Waals surface area contributed by atoms with Crippen molar-refractivity contribution in [3.05, 3.63) is 41.0 Å². The zero-order chi connectivity index (χ0) is 33.8. The van der Waals surface area contributed by atoms with Gasteiger partial charge in [-0.2, -0.15) is 30.7 Å². The summed E-state index contributed by atoms with van der Waals surface area (Å²) in [7, 11) is 0. The average Bonchev–Trinajstić information content (AvgIpc) is 3.56. The predicted molar refractivity (Wildman–Crippen MR) is 143 cm³/mol. The SMILES string of the molecule is C[C@@H](NC(=O)CCC(F)(F)F)c1ccc2nc([C@H](c3nnn(CC4CC(F)(F)C4(F)F)c3C(N)=O)C3CCC(F)(F)CC3)[nH]c2c1. The van der Waals surface area contributed by atoms with E-state index in [9.17, 15) is 49.1 Å². The second kappa shape index (κ2) is 11.7. The molecule has 3 aromatic rings. The fourth-order valence-corrected chi connectivity index (χ4v) is 6.13. The van der Waals surface area contributed by atoms with Crippen LogP contribution in [0, 0.1) is 11.8 Å². The van der Waals surface area contributed by atoms with E-state index in [1.807, 2.05) is 0 Å². The van der Waals surface area contributed by atoms with E-state index >= 15 is 0 Å². The lowest BCUT2D eigenvalue weighted by Gasteiger charge is -2.43. The zero-order valence-electron chi connectivity index (χ0n) is 24.3. The summed E-state index contributed by atoms with van der Waals surface area (Å²) in [6, 6.07) is 4.01. The molecule has 2 aliphatic rings. The van der Waals surface area contributed by atoms with E-state index in [1.165, 1.54) is 0 Å². The van der Waals surface area contributed by atoms with E-state index < -0.39 is 104 Å². The maximum absolute atomic E-state index is 14.1. The summed E-state index contributed by atoms with van der Waals surface area (Å²) in [5, 5.41) is 10.3. The molecular weight excluding hydrogens is 637 g/mol. The number of hydrogen-bond acceptors (Lipinski definition) is 5. The number of alkyl halides is 9. The molecule has 18 heteroatoms. The Morgan fingerprint density at radius 3 is 2.39 bits per heavy atom. The van der Waals surface area contributed by atoms with Crippen LogP contribution in [0.1, 0.15) is 91.4 Å². The van der Waals surface area contributed by atoms with E-state index in [1.54, 1.807) is 25.1 Å². The number of nitrogens with two attached hydrogens (primary N) is 1. The summed E-state index contributed by atoms with van der Waals surface area (Å²) in [5.41, 5.74) is 6.27. The molecule has 9 nitrogen and oxygen atoms in total. The number of benzene rings is 1. The summed E-state index contributed by atoms with van der Waals surface area (Å²) in [4.78, 5) is 32.3. The largest absolute Gasteiger partial charge is 0.389 e. The van der Waals surface area contributed by atoms with Crippen LogP contribution in [0.5, 0.6) is 0 Å². The predicted octanol–water partition coefficient (Wildman–Crippen LogP) is 6.02. The number of hydrogen-bond donors (Lipinski definition) is 3. The molecule has 2 amide bonds. The smallest absolute Gasteiger partial charge is 0.364 e. The summed E-state index contributed by atoms with van der Waals surface area (Å²) in [6.07, 6.45) is -8.75. The first-order chi connectivity index (χ1) is 21.3. The lowest BCUT2D eigenvalue weighted by molar-refractivity contribution is -0.316. The first kappa shape index (κ1) is 33.5. The number of rotatable bonds is 10. The number of amides is 2. The number of imidazole rings is 1. The molecule has 1 aromatic carbocycles. The van der Waals surface area contributed by atoms with Crippen molar-refractivity contribution in [3.63, 3.8) is 0 Å². The monoisotopic (exact) mass is 667 g/mol. The van der Waals surface area contributed by atoms with Gasteiger partial charge in [-0.25, -0.2) is 18.4 Å². The maximum atomic E-state index is 14.1. The van der Waals surface area contributed by atoms with Crippen LogP contribution in [-0.2, 0) is 11.3 Å². The third kappa shape index (κ3) is 6.65. The highest BCUT2D eigenvalue weighted by molar-refractivity contribution is 5.92. The number of H-pyrrole nitrogens is 1. The lowest BCUT2D eigenvalue weighted by atomic mass is 9.76. The fraction of sp³-hybridized carbons (Fsp3) is 0.607. The molecule has 0 saturated heterocycles. The number of aromatic amines is 1. The van der Waals surface area contributed by atoms with Gasteiger partial charge in [-0.1, -0.05) is 11.3 Å². The number of aromatic nitrogens is 5. The van der Waals surface area contributed by atoms with Crippen molar-refractivity contribution in [2.45, 2.75) is 94.3 Å². The normalized spacial score (nSPS) is 22.3. The summed E-state index contributed by atoms with van der Waals surface area (Å²) in [5.74, 6) is -16.8. The van der Waals surface area contributed by atoms with Gasteiger partial charge < -0.3 is 16.0 Å². The molecule has 0 radical (unpaired) electrons. The molecule has 46 heavy (non-hydrogen) atoms. The number of nitrogens with one attached hydrogen (secondary N) is 2. The first-order valence-corrected chi connectivity index (χ1v) is 14.5. The fourth-order valence-electron chi connectivity index (χ4n) is 6.13. The number of primary amides is 1. The second-order valence-corrected chi connectivity index (χ2v) is 12.1. The molecule has 2 heterocycles. The van der Waals surface area contributed by atoms with Crippen LogP contribution in [0.2, 0.25) is 0 Å². The van der Waals surface area contributed by atoms with Crippen molar-refractivity contribution < 1.29 is 49.1 Å². The van der Waals surface area contributed by atoms with Gasteiger partial charge in [0.05, 0.1) is 41.9 Å². The molecular formula is C28H30F9N7O2. The summed E-state index contributed by atoms with van der Waals surface area (Å²) in [6.45, 7) is 0.771. The van der Waals surface area contributed by atoms with Crippen molar-refractivity contribution in [1.82, 2.24) is 30.3 Å². The molecule has 1 unspecified atom stereocenters. The van der Waals surface area contributed by atoms with E-state index in [4.69, 9.17) is 5.73 Å². The average molecular weight is 668 g/mol. The first-order valence-electron chi connectivity index (χ1n) is 14.5. The van der Waals surface area contributed by atoms with E-state index in [-0.39, 0.29) is 24.4 Å². The van der Waals surface area contributed by atoms with Crippen LogP contribution in [0.3, 0.4) is 0 Å². The van der Waals surface area contributed by atoms with Crippen molar-refractivity contribution >= 4 is 22.8 Å². The van der Waals surface area contributed by atoms with Gasteiger partial charge in [-0.15, -0.1) is 5.10 Å². The maximum Gasteiger partial charge on any atom is 0.389 e. The molecule has 0 bridgehead atoms. The zero-order valence-corrected chi connectivity index (χ0v) is 24.3. The minimum atomic E-state index is -4.49. The second-order valence-electron chi connectivity index (χ2n) is 12.1. The number of nitrogens with zero attached hydrogens (tertiary/aromatic N) is 4. The van der Waals surface area contributed by atoms with Gasteiger partial charge in [0.25, 0.3) is 5.91 Å². The Balaban J connectivity index is 1.47. The number of fused-ring (bicyclic) bond motifs is 1. The Bertz CT molecular complexity index is 1610. The molecule has 2 saturated carbocycles. The Labute approximate surface area is 255 Å². The highest BCUT2D eigenvalue weighted by atomic mass is 19.4. The molecule has 4 N–H and O–H groups in total. The molecule has 2 fully saturated rings. The highest BCUT2D eigenvalue weighted by Crippen LogP contribution is 2.56. The van der Waals surface area contributed by atoms with Crippen LogP contribution in [0.4, 0.5) is 39.5 Å². The van der Waals surface area contributed by atoms with Gasteiger partial charge in [0.2, 0.25) is 11.8 Å². The molecule has 2 aromatic heterocycles. The van der Waals surface area contributed by atoms with Crippen molar-refractivity contribution in [1.29, 1.82) is 0 Å². The third-order valence-electron chi connectivity index (χ3n) is 8.75. The summed E-state index contributed by atoms with van der Waals surface area (Å²) >= 11 is 0. The van der Waals surface area contributed by atoms with Gasteiger partial charge >= 0.3 is 18.0 Å². The molecule has 5 rings (SSSR count). The lowest BCUT2D eigenvalue weighted by Crippen LogP contribution is -2.60. The van der Waals surface area contributed by atoms with E-state index in [0.29, 0.717) is 16.6 Å². The van der Waals surface area contributed by atoms with Gasteiger partial charge in [0.15, 0.2) is 0 Å². The molecule has 2 aliphatic carbocycles. The Morgan fingerprint density at radius 1 is 1.13 bits per heavy atom. The molecule has 0 spiro atoms. The van der Waals surface area contributed by atoms with Gasteiger partial charge in [0, 0.05) is 25.7 Å². The Kier molecular flexibility index (Phi) is 8.55. The Hall–Kier alpha value is -3.86. The van der Waals surface area contributed by atoms with E-state index in [0.717, 1.165) is 4.68 Å². The quantitative estimate of drug-likeness (QED) is 0.228. The van der Waals surface area contributed by atoms with Gasteiger partial charge in [0.1, 0.15) is 17.2 Å². The van der Waals surface area contributed by atoms with Crippen molar-refractivity contribution in [2.24, 2.45) is 17.6 Å². The van der Waals surface area contributed by atoms with Crippen LogP contribution < -0.4 is 11.1 Å². The van der Waals surface area contributed by atoms with Crippen LogP contribution >= 0.6 is 0 Å². The summed E-state index contributed by atoms with van der Waals surface area (Å²) < 4.78 is 122. The number of carbonyl (C=O) groups is 2. The molecule has 0 aliphatic heterocycles. The van der Waals surface area contributed by atoms with Gasteiger partial charge in [-0.3, -0.25) is 9.59 Å². The van der Waals surface area contributed by atoms with Crippen LogP contribution in [0.15, 0.2) is 18.2 Å². The van der Waals surface area contributed by atoms with Crippen molar-refractivity contribution in [3.8, 4) is 0 Å². The minimum Gasteiger partial charge on any atom is -0.364 e. The van der Waals surface area contributed by atoms with Crippen molar-refractivity contribution in [2.75, 3.05) is 0 Å². The molecule has 252 valence electrons. The number of halogens is 9. The molecule has 3 atom stereocenters. The van der Waals surface area contributed by atoms with Crippen LogP contribution in [-0.4, -0.2) is 60.7 Å². The minimum absolute atomic E-state index is 0.0427. The van der Waals surface area contributed by atoms with Gasteiger partial charge in [-0.05, 0) is 43.4 Å². The standard InChI is InChI=1S/C28H30F9N7O2/c1-13(39-19(45)6-9-27(33,34)35)15-2-3-17-18(10-15)41-24(40-17)20(14-4-7-25(29,30)8-5-14)21-22(23(38)46)44(43-42-21)12-16-11-26(31,32)28(16,36)37/h2-3,10,13-14,16,20H,4-9,11-12H2,1H3,(H2,38,46)(H,39,45)(H,40,41)/t13-,16?,20+/m1/s1. The third-order valence-corrected chi connectivity index (χ3v) is 8.75. The topological polar surface area (TPSA) is 132 Å². The van der Waals surface area contributed by atoms with Crippen LogP contribution in [0.25, 0.3) is 11.0 Å².